The van der Waals surface area contributed by atoms with Crippen molar-refractivity contribution >= 4 is 17.3 Å². The zero-order chi connectivity index (χ0) is 12.1. The maximum Gasteiger partial charge on any atom is 0.166 e. The number of thiocarbonyl (C=S) groups is 1. The lowest BCUT2D eigenvalue weighted by Gasteiger charge is -2.18. The average molecular weight is 246 g/mol. The van der Waals surface area contributed by atoms with Gasteiger partial charge in [-0.25, -0.2) is 0 Å². The van der Waals surface area contributed by atoms with Gasteiger partial charge in [0, 0.05) is 7.05 Å². The molecule has 0 radical (unpaired) electrons. The van der Waals surface area contributed by atoms with Gasteiger partial charge in [-0.05, 0) is 29.9 Å². The van der Waals surface area contributed by atoms with Crippen LogP contribution in [0.25, 0.3) is 0 Å². The van der Waals surface area contributed by atoms with E-state index in [2.05, 4.69) is 10.6 Å². The first kappa shape index (κ1) is 11.7. The molecular formula is C13H14N2OS. The van der Waals surface area contributed by atoms with E-state index >= 15 is 0 Å². The summed E-state index contributed by atoms with van der Waals surface area (Å²) in [7, 11) is 1.79. The molecule has 0 amide bonds. The maximum absolute atomic E-state index is 5.45. The molecule has 4 heteroatoms. The van der Waals surface area contributed by atoms with Gasteiger partial charge in [-0.2, -0.15) is 0 Å². The molecular weight excluding hydrogens is 232 g/mol. The monoisotopic (exact) mass is 246 g/mol. The fraction of sp³-hybridized carbons (Fsp3) is 0.154. The zero-order valence-electron chi connectivity index (χ0n) is 9.51. The molecule has 1 aromatic heterocycles. The average Bonchev–Trinajstić information content (AvgIpc) is 2.90. The second kappa shape index (κ2) is 5.50. The minimum Gasteiger partial charge on any atom is -0.467 e. The van der Waals surface area contributed by atoms with E-state index in [9.17, 15) is 0 Å². The second-order valence-corrected chi connectivity index (χ2v) is 3.99. The number of nitrogens with one attached hydrogen (secondary N) is 2. The molecule has 2 aromatic rings. The Labute approximate surface area is 106 Å². The summed E-state index contributed by atoms with van der Waals surface area (Å²) in [5.41, 5.74) is 1.11. The summed E-state index contributed by atoms with van der Waals surface area (Å²) < 4.78 is 5.45. The third kappa shape index (κ3) is 2.85. The Bertz CT molecular complexity index is 467. The topological polar surface area (TPSA) is 37.2 Å². The van der Waals surface area contributed by atoms with E-state index in [1.54, 1.807) is 13.3 Å². The Morgan fingerprint density at radius 3 is 2.53 bits per heavy atom. The van der Waals surface area contributed by atoms with E-state index in [0.717, 1.165) is 11.3 Å². The Morgan fingerprint density at radius 1 is 1.18 bits per heavy atom. The van der Waals surface area contributed by atoms with E-state index in [1.807, 2.05) is 42.5 Å². The van der Waals surface area contributed by atoms with Crippen LogP contribution in [0.15, 0.2) is 53.1 Å². The lowest BCUT2D eigenvalue weighted by atomic mass is 10.1. The standard InChI is InChI=1S/C13H14N2OS/c1-14-13(17)15-12(11-8-5-9-16-11)10-6-3-2-4-7-10/h2-9,12H,1H3,(H2,14,15,17)/t12-/m1/s1. The van der Waals surface area contributed by atoms with E-state index in [4.69, 9.17) is 16.6 Å². The summed E-state index contributed by atoms with van der Waals surface area (Å²) in [5.74, 6) is 0.841. The van der Waals surface area contributed by atoms with Crippen molar-refractivity contribution in [3.05, 3.63) is 60.1 Å². The molecule has 2 N–H and O–H groups in total. The largest absolute Gasteiger partial charge is 0.467 e. The molecule has 0 spiro atoms. The molecule has 0 fully saturated rings. The van der Waals surface area contributed by atoms with E-state index in [-0.39, 0.29) is 6.04 Å². The third-order valence-electron chi connectivity index (χ3n) is 2.46. The second-order valence-electron chi connectivity index (χ2n) is 3.58. The van der Waals surface area contributed by atoms with Crippen LogP contribution in [0.3, 0.4) is 0 Å². The van der Waals surface area contributed by atoms with Crippen molar-refractivity contribution < 1.29 is 4.42 Å². The summed E-state index contributed by atoms with van der Waals surface area (Å²) >= 11 is 5.14. The highest BCUT2D eigenvalue weighted by molar-refractivity contribution is 7.80. The van der Waals surface area contributed by atoms with E-state index in [0.29, 0.717) is 5.11 Å². The van der Waals surface area contributed by atoms with Crippen molar-refractivity contribution in [1.29, 1.82) is 0 Å². The molecule has 0 aliphatic rings. The van der Waals surface area contributed by atoms with Crippen LogP contribution in [0.4, 0.5) is 0 Å². The molecule has 0 unspecified atom stereocenters. The number of benzene rings is 1. The van der Waals surface area contributed by atoms with Gasteiger partial charge in [-0.15, -0.1) is 0 Å². The van der Waals surface area contributed by atoms with Gasteiger partial charge in [0.2, 0.25) is 0 Å². The van der Waals surface area contributed by atoms with Gasteiger partial charge < -0.3 is 15.1 Å². The molecule has 0 saturated heterocycles. The Morgan fingerprint density at radius 2 is 1.94 bits per heavy atom. The molecule has 1 atom stereocenters. The Hall–Kier alpha value is -1.81. The lowest BCUT2D eigenvalue weighted by Crippen LogP contribution is -2.35. The molecule has 17 heavy (non-hydrogen) atoms. The summed E-state index contributed by atoms with van der Waals surface area (Å²) in [6.07, 6.45) is 1.66. The highest BCUT2D eigenvalue weighted by Gasteiger charge is 2.16. The van der Waals surface area contributed by atoms with Crippen LogP contribution >= 0.6 is 12.2 Å². The van der Waals surface area contributed by atoms with E-state index < -0.39 is 0 Å². The first-order valence-corrected chi connectivity index (χ1v) is 5.78. The maximum atomic E-state index is 5.45. The predicted octanol–water partition coefficient (Wildman–Crippen LogP) is 2.46. The smallest absolute Gasteiger partial charge is 0.166 e. The van der Waals surface area contributed by atoms with Gasteiger partial charge in [-0.3, -0.25) is 0 Å². The molecule has 2 rings (SSSR count). The molecule has 1 aromatic carbocycles. The fourth-order valence-corrected chi connectivity index (χ4v) is 1.74. The highest BCUT2D eigenvalue weighted by atomic mass is 32.1. The molecule has 0 bridgehead atoms. The summed E-state index contributed by atoms with van der Waals surface area (Å²) in [5, 5.41) is 6.71. The van der Waals surface area contributed by atoms with Crippen molar-refractivity contribution in [3.63, 3.8) is 0 Å². The molecule has 0 aliphatic heterocycles. The molecule has 0 aliphatic carbocycles. The summed E-state index contributed by atoms with van der Waals surface area (Å²) in [4.78, 5) is 0. The number of rotatable bonds is 3. The Balaban J connectivity index is 2.28. The van der Waals surface area contributed by atoms with Crippen LogP contribution in [0, 0.1) is 0 Å². The van der Waals surface area contributed by atoms with Gasteiger partial charge in [0.25, 0.3) is 0 Å². The van der Waals surface area contributed by atoms with Crippen LogP contribution in [-0.4, -0.2) is 12.2 Å². The molecule has 1 heterocycles. The summed E-state index contributed by atoms with van der Waals surface area (Å²) in [6.45, 7) is 0. The number of hydrogen-bond acceptors (Lipinski definition) is 2. The fourth-order valence-electron chi connectivity index (χ4n) is 1.62. The van der Waals surface area contributed by atoms with Gasteiger partial charge in [0.05, 0.1) is 6.26 Å². The van der Waals surface area contributed by atoms with Crippen molar-refractivity contribution in [2.75, 3.05) is 7.05 Å². The zero-order valence-corrected chi connectivity index (χ0v) is 10.3. The number of hydrogen-bond donors (Lipinski definition) is 2. The Kier molecular flexibility index (Phi) is 3.77. The number of furan rings is 1. The van der Waals surface area contributed by atoms with E-state index in [1.165, 1.54) is 0 Å². The minimum absolute atomic E-state index is 0.0638. The first-order valence-electron chi connectivity index (χ1n) is 5.38. The normalized spacial score (nSPS) is 11.8. The predicted molar refractivity (Wildman–Crippen MR) is 71.8 cm³/mol. The van der Waals surface area contributed by atoms with Crippen molar-refractivity contribution in [2.45, 2.75) is 6.04 Å². The van der Waals surface area contributed by atoms with Crippen molar-refractivity contribution in [2.24, 2.45) is 0 Å². The van der Waals surface area contributed by atoms with Crippen LogP contribution in [0.1, 0.15) is 17.4 Å². The summed E-state index contributed by atoms with van der Waals surface area (Å²) in [6, 6.07) is 13.8. The molecule has 3 nitrogen and oxygen atoms in total. The quantitative estimate of drug-likeness (QED) is 0.816. The lowest BCUT2D eigenvalue weighted by molar-refractivity contribution is 0.475. The van der Waals surface area contributed by atoms with Gasteiger partial charge in [0.15, 0.2) is 5.11 Å². The van der Waals surface area contributed by atoms with Gasteiger partial charge in [-0.1, -0.05) is 30.3 Å². The minimum atomic E-state index is -0.0638. The van der Waals surface area contributed by atoms with Crippen LogP contribution < -0.4 is 10.6 Å². The SMILES string of the molecule is CNC(=S)N[C@H](c1ccccc1)c1ccco1. The van der Waals surface area contributed by atoms with Crippen molar-refractivity contribution in [3.8, 4) is 0 Å². The first-order chi connectivity index (χ1) is 8.31. The molecule has 0 saturated carbocycles. The van der Waals surface area contributed by atoms with Crippen LogP contribution in [0.5, 0.6) is 0 Å². The van der Waals surface area contributed by atoms with Gasteiger partial charge in [0.1, 0.15) is 11.8 Å². The van der Waals surface area contributed by atoms with Crippen LogP contribution in [0.2, 0.25) is 0 Å². The van der Waals surface area contributed by atoms with Crippen molar-refractivity contribution in [1.82, 2.24) is 10.6 Å². The highest BCUT2D eigenvalue weighted by Crippen LogP contribution is 2.21. The molecule has 88 valence electrons. The third-order valence-corrected chi connectivity index (χ3v) is 2.79. The van der Waals surface area contributed by atoms with Crippen LogP contribution in [-0.2, 0) is 0 Å². The van der Waals surface area contributed by atoms with Gasteiger partial charge >= 0.3 is 0 Å².